The maximum atomic E-state index is 13.4. The molecule has 2 aromatic rings. The second-order valence-corrected chi connectivity index (χ2v) is 8.68. The minimum atomic E-state index is -0.646. The molecular weight excluding hydrogens is 552 g/mol. The standard InChI is InChI=1S/C22H19FINO6S/c1-3-30-19(26)11-25-21(27)18(32-22(25)28)10-14-8-16(24)20(17(9-14)29-2)31-12-13-5-4-6-15(23)7-13/h4-10H,3,11-12H2,1-2H3/b18-10+. The maximum Gasteiger partial charge on any atom is 0.326 e. The van der Waals surface area contributed by atoms with Gasteiger partial charge in [-0.1, -0.05) is 12.1 Å². The van der Waals surface area contributed by atoms with Crippen LogP contribution in [0.5, 0.6) is 11.5 Å². The molecule has 2 aromatic carbocycles. The molecular formula is C22H19FINO6S. The van der Waals surface area contributed by atoms with E-state index in [1.54, 1.807) is 37.3 Å². The highest BCUT2D eigenvalue weighted by atomic mass is 127. The van der Waals surface area contributed by atoms with Crippen LogP contribution in [0, 0.1) is 9.39 Å². The first kappa shape index (κ1) is 24.1. The van der Waals surface area contributed by atoms with E-state index in [1.807, 2.05) is 0 Å². The summed E-state index contributed by atoms with van der Waals surface area (Å²) >= 11 is 2.82. The molecule has 0 aromatic heterocycles. The third-order valence-corrected chi connectivity index (χ3v) is 6.00. The van der Waals surface area contributed by atoms with Crippen molar-refractivity contribution in [3.05, 3.63) is 61.8 Å². The smallest absolute Gasteiger partial charge is 0.326 e. The Kier molecular flexibility index (Phi) is 8.13. The largest absolute Gasteiger partial charge is 0.493 e. The normalized spacial score (nSPS) is 14.8. The number of ether oxygens (including phenoxy) is 3. The Morgan fingerprint density at radius 1 is 1.25 bits per heavy atom. The molecule has 0 N–H and O–H groups in total. The summed E-state index contributed by atoms with van der Waals surface area (Å²) in [7, 11) is 1.48. The number of thioether (sulfide) groups is 1. The number of rotatable bonds is 8. The number of nitrogens with zero attached hydrogens (tertiary/aromatic N) is 1. The molecule has 1 heterocycles. The summed E-state index contributed by atoms with van der Waals surface area (Å²) in [5.41, 5.74) is 1.29. The van der Waals surface area contributed by atoms with Gasteiger partial charge < -0.3 is 14.2 Å². The van der Waals surface area contributed by atoms with Crippen LogP contribution >= 0.6 is 34.4 Å². The van der Waals surface area contributed by atoms with Crippen LogP contribution in [0.3, 0.4) is 0 Å². The van der Waals surface area contributed by atoms with Crippen LogP contribution in [0.15, 0.2) is 41.3 Å². The van der Waals surface area contributed by atoms with Crippen LogP contribution in [0.4, 0.5) is 9.18 Å². The fourth-order valence-corrected chi connectivity index (χ4v) is 4.49. The number of amides is 2. The van der Waals surface area contributed by atoms with E-state index in [2.05, 4.69) is 22.6 Å². The molecule has 168 valence electrons. The number of carbonyl (C=O) groups is 3. The highest BCUT2D eigenvalue weighted by Gasteiger charge is 2.36. The number of benzene rings is 2. The molecule has 1 fully saturated rings. The van der Waals surface area contributed by atoms with E-state index in [0.717, 1.165) is 16.7 Å². The van der Waals surface area contributed by atoms with E-state index in [-0.39, 0.29) is 23.9 Å². The minimum Gasteiger partial charge on any atom is -0.493 e. The molecule has 7 nitrogen and oxygen atoms in total. The van der Waals surface area contributed by atoms with Crippen LogP contribution in [-0.2, 0) is 20.9 Å². The summed E-state index contributed by atoms with van der Waals surface area (Å²) in [6, 6.07) is 9.54. The molecule has 10 heteroatoms. The van der Waals surface area contributed by atoms with Gasteiger partial charge in [0.2, 0.25) is 0 Å². The number of methoxy groups -OCH3 is 1. The monoisotopic (exact) mass is 571 g/mol. The van der Waals surface area contributed by atoms with E-state index in [0.29, 0.717) is 26.2 Å². The minimum absolute atomic E-state index is 0.149. The number of hydrogen-bond donors (Lipinski definition) is 0. The second-order valence-electron chi connectivity index (χ2n) is 6.53. The molecule has 1 saturated heterocycles. The van der Waals surface area contributed by atoms with E-state index < -0.39 is 23.7 Å². The van der Waals surface area contributed by atoms with Crippen LogP contribution in [0.25, 0.3) is 6.08 Å². The zero-order chi connectivity index (χ0) is 23.3. The molecule has 3 rings (SSSR count). The lowest BCUT2D eigenvalue weighted by Crippen LogP contribution is -2.34. The Hall–Kier alpha value is -2.60. The average Bonchev–Trinajstić information content (AvgIpc) is 3.00. The lowest BCUT2D eigenvalue weighted by Gasteiger charge is -2.14. The number of halogens is 2. The van der Waals surface area contributed by atoms with Gasteiger partial charge >= 0.3 is 5.97 Å². The lowest BCUT2D eigenvalue weighted by molar-refractivity contribution is -0.145. The van der Waals surface area contributed by atoms with E-state index >= 15 is 0 Å². The van der Waals surface area contributed by atoms with Crippen molar-refractivity contribution < 1.29 is 33.0 Å². The Morgan fingerprint density at radius 3 is 2.72 bits per heavy atom. The number of esters is 1. The van der Waals surface area contributed by atoms with Gasteiger partial charge in [0, 0.05) is 0 Å². The molecule has 0 unspecified atom stereocenters. The van der Waals surface area contributed by atoms with Crippen LogP contribution in [-0.4, -0.2) is 42.3 Å². The van der Waals surface area contributed by atoms with Crippen LogP contribution < -0.4 is 9.47 Å². The van der Waals surface area contributed by atoms with Crippen LogP contribution in [0.2, 0.25) is 0 Å². The van der Waals surface area contributed by atoms with Gasteiger partial charge in [0.05, 0.1) is 22.2 Å². The first-order valence-electron chi connectivity index (χ1n) is 9.48. The van der Waals surface area contributed by atoms with Gasteiger partial charge in [0.1, 0.15) is 19.0 Å². The van der Waals surface area contributed by atoms with Crippen molar-refractivity contribution in [1.29, 1.82) is 0 Å². The SMILES string of the molecule is CCOC(=O)CN1C(=O)S/C(=C/c2cc(I)c(OCc3cccc(F)c3)c(OC)c2)C1=O. The highest BCUT2D eigenvalue weighted by molar-refractivity contribution is 14.1. The van der Waals surface area contributed by atoms with Gasteiger partial charge in [-0.3, -0.25) is 19.3 Å². The molecule has 0 atom stereocenters. The van der Waals surface area contributed by atoms with Crippen molar-refractivity contribution in [3.8, 4) is 11.5 Å². The molecule has 2 amide bonds. The quantitative estimate of drug-likeness (QED) is 0.260. The van der Waals surface area contributed by atoms with Gasteiger partial charge in [0.25, 0.3) is 11.1 Å². The summed E-state index contributed by atoms with van der Waals surface area (Å²) in [4.78, 5) is 37.4. The lowest BCUT2D eigenvalue weighted by atomic mass is 10.1. The van der Waals surface area contributed by atoms with Gasteiger partial charge in [0.15, 0.2) is 11.5 Å². The van der Waals surface area contributed by atoms with Crippen molar-refractivity contribution in [3.63, 3.8) is 0 Å². The number of imide groups is 1. The summed E-state index contributed by atoms with van der Waals surface area (Å²) < 4.78 is 30.2. The van der Waals surface area contributed by atoms with E-state index in [4.69, 9.17) is 14.2 Å². The van der Waals surface area contributed by atoms with Gasteiger partial charge in [-0.2, -0.15) is 0 Å². The van der Waals surface area contributed by atoms with Gasteiger partial charge in [-0.25, -0.2) is 4.39 Å². The third-order valence-electron chi connectivity index (χ3n) is 4.29. The van der Waals surface area contributed by atoms with Crippen molar-refractivity contribution in [2.75, 3.05) is 20.3 Å². The Labute approximate surface area is 202 Å². The highest BCUT2D eigenvalue weighted by Crippen LogP contribution is 2.37. The predicted octanol–water partition coefficient (Wildman–Crippen LogP) is 4.62. The van der Waals surface area contributed by atoms with E-state index in [9.17, 15) is 18.8 Å². The zero-order valence-electron chi connectivity index (χ0n) is 17.2. The maximum absolute atomic E-state index is 13.4. The van der Waals surface area contributed by atoms with Crippen molar-refractivity contribution in [2.45, 2.75) is 13.5 Å². The third kappa shape index (κ3) is 5.80. The summed E-state index contributed by atoms with van der Waals surface area (Å²) in [5.74, 6) is -0.657. The summed E-state index contributed by atoms with van der Waals surface area (Å²) in [6.45, 7) is 1.53. The molecule has 1 aliphatic heterocycles. The molecule has 0 saturated carbocycles. The molecule has 0 spiro atoms. The Bertz CT molecular complexity index is 1090. The fourth-order valence-electron chi connectivity index (χ4n) is 2.87. The zero-order valence-corrected chi connectivity index (χ0v) is 20.2. The topological polar surface area (TPSA) is 82.1 Å². The predicted molar refractivity (Wildman–Crippen MR) is 126 cm³/mol. The van der Waals surface area contributed by atoms with Crippen molar-refractivity contribution in [1.82, 2.24) is 4.90 Å². The molecule has 1 aliphatic rings. The summed E-state index contributed by atoms with van der Waals surface area (Å²) in [6.07, 6.45) is 1.55. The van der Waals surface area contributed by atoms with Gasteiger partial charge in [-0.05, 0) is 82.7 Å². The van der Waals surface area contributed by atoms with Gasteiger partial charge in [-0.15, -0.1) is 0 Å². The first-order valence-corrected chi connectivity index (χ1v) is 11.4. The molecule has 0 aliphatic carbocycles. The molecule has 0 radical (unpaired) electrons. The van der Waals surface area contributed by atoms with Crippen molar-refractivity contribution >= 4 is 57.5 Å². The number of carbonyl (C=O) groups excluding carboxylic acids is 3. The Morgan fingerprint density at radius 2 is 2.03 bits per heavy atom. The molecule has 0 bridgehead atoms. The van der Waals surface area contributed by atoms with E-state index in [1.165, 1.54) is 19.2 Å². The second kappa shape index (κ2) is 10.8. The Balaban J connectivity index is 1.79. The average molecular weight is 571 g/mol. The summed E-state index contributed by atoms with van der Waals surface area (Å²) in [5, 5.41) is -0.536. The van der Waals surface area contributed by atoms with Crippen molar-refractivity contribution in [2.24, 2.45) is 0 Å². The van der Waals surface area contributed by atoms with Crippen LogP contribution in [0.1, 0.15) is 18.1 Å². The fraction of sp³-hybridized carbons (Fsp3) is 0.227. The number of hydrogen-bond acceptors (Lipinski definition) is 7. The first-order chi connectivity index (χ1) is 15.3. The molecule has 32 heavy (non-hydrogen) atoms.